The Bertz CT molecular complexity index is 954. The number of nitrogens with zero attached hydrogens (tertiary/aromatic N) is 2. The van der Waals surface area contributed by atoms with Crippen LogP contribution < -0.4 is 0 Å². The number of carbonyl (C=O) groups excluding carboxylic acids is 1. The van der Waals surface area contributed by atoms with E-state index in [-0.39, 0.29) is 24.0 Å². The molecule has 0 bridgehead atoms. The third-order valence-corrected chi connectivity index (χ3v) is 6.39. The minimum atomic E-state index is -3.54. The van der Waals surface area contributed by atoms with Crippen molar-refractivity contribution in [2.24, 2.45) is 0 Å². The number of rotatable bonds is 4. The van der Waals surface area contributed by atoms with E-state index in [1.54, 1.807) is 23.1 Å². The highest BCUT2D eigenvalue weighted by Crippen LogP contribution is 2.23. The zero-order valence-corrected chi connectivity index (χ0v) is 16.7. The summed E-state index contributed by atoms with van der Waals surface area (Å²) in [6, 6.07) is 13.9. The predicted octanol–water partition coefficient (Wildman–Crippen LogP) is 3.75. The maximum absolute atomic E-state index is 12.6. The molecule has 0 atom stereocenters. The van der Waals surface area contributed by atoms with Crippen molar-refractivity contribution in [1.82, 2.24) is 9.21 Å². The van der Waals surface area contributed by atoms with Crippen LogP contribution in [0.2, 0.25) is 10.0 Å². The first-order valence-corrected chi connectivity index (χ1v) is 10.6. The quantitative estimate of drug-likeness (QED) is 0.750. The normalized spacial score (nSPS) is 16.0. The van der Waals surface area contributed by atoms with Gasteiger partial charge in [0, 0.05) is 36.6 Å². The fourth-order valence-electron chi connectivity index (χ4n) is 2.79. The van der Waals surface area contributed by atoms with E-state index in [0.717, 1.165) is 5.56 Å². The number of carbonyl (C=O) groups is 1. The molecule has 1 heterocycles. The molecule has 0 unspecified atom stereocenters. The van der Waals surface area contributed by atoms with Gasteiger partial charge in [-0.2, -0.15) is 4.31 Å². The zero-order valence-electron chi connectivity index (χ0n) is 14.4. The Hall–Kier alpha value is -1.86. The van der Waals surface area contributed by atoms with Crippen molar-refractivity contribution < 1.29 is 13.2 Å². The number of sulfonamides is 1. The summed E-state index contributed by atoms with van der Waals surface area (Å²) < 4.78 is 26.4. The molecule has 142 valence electrons. The largest absolute Gasteiger partial charge is 0.336 e. The van der Waals surface area contributed by atoms with Gasteiger partial charge in [0.2, 0.25) is 10.0 Å². The van der Waals surface area contributed by atoms with Gasteiger partial charge >= 0.3 is 0 Å². The van der Waals surface area contributed by atoms with Gasteiger partial charge in [0.1, 0.15) is 0 Å². The molecule has 1 saturated heterocycles. The average molecular weight is 425 g/mol. The third kappa shape index (κ3) is 4.90. The summed E-state index contributed by atoms with van der Waals surface area (Å²) in [7, 11) is -3.54. The van der Waals surface area contributed by atoms with Crippen LogP contribution in [0.25, 0.3) is 6.08 Å². The highest BCUT2D eigenvalue weighted by molar-refractivity contribution is 7.92. The molecule has 0 radical (unpaired) electrons. The molecule has 0 aromatic heterocycles. The molecule has 5 nitrogen and oxygen atoms in total. The summed E-state index contributed by atoms with van der Waals surface area (Å²) in [4.78, 5) is 14.2. The predicted molar refractivity (Wildman–Crippen MR) is 108 cm³/mol. The number of hydrogen-bond donors (Lipinski definition) is 0. The number of halogens is 2. The molecule has 0 N–H and O–H groups in total. The van der Waals surface area contributed by atoms with Gasteiger partial charge in [-0.1, -0.05) is 53.5 Å². The highest BCUT2D eigenvalue weighted by atomic mass is 35.5. The van der Waals surface area contributed by atoms with E-state index >= 15 is 0 Å². The maximum Gasteiger partial charge on any atom is 0.255 e. The number of benzene rings is 2. The SMILES string of the molecule is O=C(c1ccc(Cl)cc1Cl)N1CCN(S(=O)(=O)/C=C/c2ccccc2)CC1. The van der Waals surface area contributed by atoms with Crippen LogP contribution in [0.15, 0.2) is 53.9 Å². The first-order valence-electron chi connectivity index (χ1n) is 8.34. The molecular formula is C19H18Cl2N2O3S. The fraction of sp³-hybridized carbons (Fsp3) is 0.211. The Morgan fingerprint density at radius 2 is 1.63 bits per heavy atom. The van der Waals surface area contributed by atoms with E-state index in [4.69, 9.17) is 23.2 Å². The summed E-state index contributed by atoms with van der Waals surface area (Å²) in [5.41, 5.74) is 1.17. The van der Waals surface area contributed by atoms with Crippen LogP contribution in [-0.2, 0) is 10.0 Å². The Morgan fingerprint density at radius 1 is 0.963 bits per heavy atom. The van der Waals surface area contributed by atoms with Crippen molar-refractivity contribution in [3.63, 3.8) is 0 Å². The van der Waals surface area contributed by atoms with Gasteiger partial charge in [-0.15, -0.1) is 0 Å². The zero-order chi connectivity index (χ0) is 19.4. The number of piperazine rings is 1. The van der Waals surface area contributed by atoms with E-state index in [1.165, 1.54) is 15.8 Å². The van der Waals surface area contributed by atoms with Gasteiger partial charge in [-0.05, 0) is 29.8 Å². The lowest BCUT2D eigenvalue weighted by atomic mass is 10.2. The smallest absolute Gasteiger partial charge is 0.255 e. The van der Waals surface area contributed by atoms with Crippen molar-refractivity contribution >= 4 is 45.2 Å². The second-order valence-corrected chi connectivity index (χ2v) is 8.74. The van der Waals surface area contributed by atoms with Gasteiger partial charge < -0.3 is 4.90 Å². The molecule has 2 aromatic rings. The minimum absolute atomic E-state index is 0.228. The van der Waals surface area contributed by atoms with E-state index < -0.39 is 10.0 Å². The van der Waals surface area contributed by atoms with E-state index in [0.29, 0.717) is 23.7 Å². The standard InChI is InChI=1S/C19H18Cl2N2O3S/c20-16-6-7-17(18(21)14-16)19(24)22-9-11-23(12-10-22)27(25,26)13-8-15-4-2-1-3-5-15/h1-8,13-14H,9-12H2/b13-8+. The molecule has 3 rings (SSSR count). The Balaban J connectivity index is 1.64. The van der Waals surface area contributed by atoms with Crippen LogP contribution in [0, 0.1) is 0 Å². The Kier molecular flexibility index (Phi) is 6.22. The second-order valence-electron chi connectivity index (χ2n) is 6.07. The number of hydrogen-bond acceptors (Lipinski definition) is 3. The van der Waals surface area contributed by atoms with Crippen LogP contribution in [0.4, 0.5) is 0 Å². The Labute approximate surface area is 168 Å². The third-order valence-electron chi connectivity index (χ3n) is 4.28. The monoisotopic (exact) mass is 424 g/mol. The van der Waals surface area contributed by atoms with Crippen molar-refractivity contribution in [3.05, 3.63) is 75.1 Å². The molecule has 27 heavy (non-hydrogen) atoms. The molecule has 0 saturated carbocycles. The first kappa shape index (κ1) is 19.9. The molecule has 1 amide bonds. The van der Waals surface area contributed by atoms with Gasteiger partial charge in [0.05, 0.1) is 10.6 Å². The summed E-state index contributed by atoms with van der Waals surface area (Å²) in [5, 5.41) is 1.95. The molecular weight excluding hydrogens is 407 g/mol. The average Bonchev–Trinajstić information content (AvgIpc) is 2.67. The fourth-order valence-corrected chi connectivity index (χ4v) is 4.46. The highest BCUT2D eigenvalue weighted by Gasteiger charge is 2.28. The summed E-state index contributed by atoms with van der Waals surface area (Å²) >= 11 is 12.0. The molecule has 1 fully saturated rings. The second kappa shape index (κ2) is 8.44. The van der Waals surface area contributed by atoms with Gasteiger partial charge in [0.25, 0.3) is 5.91 Å². The van der Waals surface area contributed by atoms with Crippen LogP contribution >= 0.6 is 23.2 Å². The van der Waals surface area contributed by atoms with Crippen LogP contribution in [0.3, 0.4) is 0 Å². The van der Waals surface area contributed by atoms with Crippen LogP contribution in [0.5, 0.6) is 0 Å². The van der Waals surface area contributed by atoms with Crippen molar-refractivity contribution in [2.45, 2.75) is 0 Å². The summed E-state index contributed by atoms with van der Waals surface area (Å²) in [5.74, 6) is -0.228. The van der Waals surface area contributed by atoms with E-state index in [9.17, 15) is 13.2 Å². The van der Waals surface area contributed by atoms with Crippen molar-refractivity contribution in [1.29, 1.82) is 0 Å². The lowest BCUT2D eigenvalue weighted by Crippen LogP contribution is -2.50. The lowest BCUT2D eigenvalue weighted by molar-refractivity contribution is 0.0699. The summed E-state index contributed by atoms with van der Waals surface area (Å²) in [6.07, 6.45) is 1.57. The van der Waals surface area contributed by atoms with Gasteiger partial charge in [-0.3, -0.25) is 4.79 Å². The summed E-state index contributed by atoms with van der Waals surface area (Å²) in [6.45, 7) is 1.07. The van der Waals surface area contributed by atoms with Gasteiger partial charge in [0.15, 0.2) is 0 Å². The molecule has 2 aromatic carbocycles. The minimum Gasteiger partial charge on any atom is -0.336 e. The topological polar surface area (TPSA) is 57.7 Å². The van der Waals surface area contributed by atoms with Crippen molar-refractivity contribution in [2.75, 3.05) is 26.2 Å². The lowest BCUT2D eigenvalue weighted by Gasteiger charge is -2.33. The molecule has 1 aliphatic rings. The Morgan fingerprint density at radius 3 is 2.26 bits per heavy atom. The number of amides is 1. The van der Waals surface area contributed by atoms with E-state index in [1.807, 2.05) is 30.3 Å². The van der Waals surface area contributed by atoms with Crippen molar-refractivity contribution in [3.8, 4) is 0 Å². The first-order chi connectivity index (χ1) is 12.9. The molecule has 8 heteroatoms. The molecule has 1 aliphatic heterocycles. The van der Waals surface area contributed by atoms with Crippen LogP contribution in [-0.4, -0.2) is 49.7 Å². The molecule has 0 spiro atoms. The van der Waals surface area contributed by atoms with Gasteiger partial charge in [-0.25, -0.2) is 8.42 Å². The molecule has 0 aliphatic carbocycles. The van der Waals surface area contributed by atoms with E-state index in [2.05, 4.69) is 0 Å². The maximum atomic E-state index is 12.6. The van der Waals surface area contributed by atoms with Crippen LogP contribution in [0.1, 0.15) is 15.9 Å².